The van der Waals surface area contributed by atoms with Gasteiger partial charge in [-0.15, -0.1) is 0 Å². The van der Waals surface area contributed by atoms with Crippen molar-refractivity contribution in [3.05, 3.63) is 64.5 Å². The number of rotatable bonds is 6. The monoisotopic (exact) mass is 378 g/mol. The maximum Gasteiger partial charge on any atom is 0.255 e. The number of amides is 1. The van der Waals surface area contributed by atoms with Crippen molar-refractivity contribution in [2.75, 3.05) is 10.0 Å². The Morgan fingerprint density at radius 3 is 2.12 bits per heavy atom. The molecule has 0 fully saturated rings. The Bertz CT molecular complexity index is 858. The van der Waals surface area contributed by atoms with E-state index < -0.39 is 10.0 Å². The van der Waals surface area contributed by atoms with Gasteiger partial charge in [0.25, 0.3) is 10.0 Å². The minimum absolute atomic E-state index is 0.0979. The standard InChI is InChI=1S/C18H19ClN2O3S/c1-13(2)18(22)20-16-7-9-17(10-8-16)21-25(23,24)12-11-14-3-5-15(19)6-4-14/h3-13,21H,1-2H3,(H,20,22)/b12-11+. The number of nitrogens with one attached hydrogen (secondary N) is 2. The molecule has 0 heterocycles. The average molecular weight is 379 g/mol. The fourth-order valence-corrected chi connectivity index (χ4v) is 2.84. The van der Waals surface area contributed by atoms with Crippen molar-refractivity contribution in [2.45, 2.75) is 13.8 Å². The molecule has 132 valence electrons. The Morgan fingerprint density at radius 2 is 1.56 bits per heavy atom. The molecule has 1 amide bonds. The van der Waals surface area contributed by atoms with E-state index in [1.807, 2.05) is 0 Å². The van der Waals surface area contributed by atoms with Crippen LogP contribution < -0.4 is 10.0 Å². The van der Waals surface area contributed by atoms with Crippen LogP contribution in [-0.4, -0.2) is 14.3 Å². The Balaban J connectivity index is 2.02. The number of hydrogen-bond donors (Lipinski definition) is 2. The highest BCUT2D eigenvalue weighted by atomic mass is 35.5. The van der Waals surface area contributed by atoms with Crippen molar-refractivity contribution in [3.63, 3.8) is 0 Å². The summed E-state index contributed by atoms with van der Waals surface area (Å²) in [7, 11) is -3.64. The Labute approximate surface area is 152 Å². The predicted octanol–water partition coefficient (Wildman–Crippen LogP) is 4.35. The van der Waals surface area contributed by atoms with Crippen LogP contribution in [0.2, 0.25) is 5.02 Å². The molecule has 0 spiro atoms. The molecule has 5 nitrogen and oxygen atoms in total. The van der Waals surface area contributed by atoms with E-state index in [9.17, 15) is 13.2 Å². The summed E-state index contributed by atoms with van der Waals surface area (Å²) in [6, 6.07) is 13.3. The van der Waals surface area contributed by atoms with Gasteiger partial charge in [0.2, 0.25) is 5.91 Å². The highest BCUT2D eigenvalue weighted by Crippen LogP contribution is 2.17. The van der Waals surface area contributed by atoms with Crippen LogP contribution in [0.15, 0.2) is 53.9 Å². The van der Waals surface area contributed by atoms with Crippen molar-refractivity contribution in [1.29, 1.82) is 0 Å². The van der Waals surface area contributed by atoms with E-state index in [-0.39, 0.29) is 11.8 Å². The first-order valence-corrected chi connectivity index (χ1v) is 9.55. The zero-order chi connectivity index (χ0) is 18.4. The molecule has 2 N–H and O–H groups in total. The highest BCUT2D eigenvalue weighted by Gasteiger charge is 2.08. The maximum absolute atomic E-state index is 12.1. The van der Waals surface area contributed by atoms with Gasteiger partial charge in [-0.2, -0.15) is 0 Å². The van der Waals surface area contributed by atoms with Crippen molar-refractivity contribution < 1.29 is 13.2 Å². The molecule has 0 aliphatic carbocycles. The maximum atomic E-state index is 12.1. The molecule has 2 rings (SSSR count). The SMILES string of the molecule is CC(C)C(=O)Nc1ccc(NS(=O)(=O)/C=C/c2ccc(Cl)cc2)cc1. The number of hydrogen-bond acceptors (Lipinski definition) is 3. The third-order valence-corrected chi connectivity index (χ3v) is 4.51. The third kappa shape index (κ3) is 6.25. The van der Waals surface area contributed by atoms with Gasteiger partial charge in [0, 0.05) is 22.3 Å². The van der Waals surface area contributed by atoms with Gasteiger partial charge in [-0.25, -0.2) is 8.42 Å². The van der Waals surface area contributed by atoms with Gasteiger partial charge in [-0.05, 0) is 48.0 Å². The molecule has 0 saturated carbocycles. The van der Waals surface area contributed by atoms with Gasteiger partial charge in [0.05, 0.1) is 5.41 Å². The molecule has 0 atom stereocenters. The molecule has 0 bridgehead atoms. The molecule has 2 aromatic carbocycles. The summed E-state index contributed by atoms with van der Waals surface area (Å²) in [6.45, 7) is 3.59. The summed E-state index contributed by atoms with van der Waals surface area (Å²) in [5.41, 5.74) is 1.74. The van der Waals surface area contributed by atoms with Gasteiger partial charge in [0.1, 0.15) is 0 Å². The van der Waals surface area contributed by atoms with Gasteiger partial charge in [-0.1, -0.05) is 37.6 Å². The topological polar surface area (TPSA) is 75.3 Å². The molecular formula is C18H19ClN2O3S. The molecule has 0 aliphatic heterocycles. The minimum atomic E-state index is -3.64. The largest absolute Gasteiger partial charge is 0.326 e. The summed E-state index contributed by atoms with van der Waals surface area (Å²) < 4.78 is 26.6. The zero-order valence-electron chi connectivity index (χ0n) is 13.9. The van der Waals surface area contributed by atoms with E-state index >= 15 is 0 Å². The van der Waals surface area contributed by atoms with Crippen LogP contribution in [0.4, 0.5) is 11.4 Å². The second-order valence-corrected chi connectivity index (χ2v) is 7.73. The van der Waals surface area contributed by atoms with Crippen LogP contribution in [-0.2, 0) is 14.8 Å². The van der Waals surface area contributed by atoms with Crippen LogP contribution in [0, 0.1) is 5.92 Å². The molecule has 0 saturated heterocycles. The second kappa shape index (κ2) is 8.18. The van der Waals surface area contributed by atoms with E-state index in [1.165, 1.54) is 6.08 Å². The summed E-state index contributed by atoms with van der Waals surface area (Å²) in [4.78, 5) is 11.6. The smallest absolute Gasteiger partial charge is 0.255 e. The molecular weight excluding hydrogens is 360 g/mol. The predicted molar refractivity (Wildman–Crippen MR) is 103 cm³/mol. The first kappa shape index (κ1) is 19.0. The van der Waals surface area contributed by atoms with Crippen LogP contribution in [0.5, 0.6) is 0 Å². The van der Waals surface area contributed by atoms with E-state index in [0.717, 1.165) is 11.0 Å². The Hall–Kier alpha value is -2.31. The molecule has 7 heteroatoms. The summed E-state index contributed by atoms with van der Waals surface area (Å²) in [6.07, 6.45) is 1.48. The number of benzene rings is 2. The number of sulfonamides is 1. The zero-order valence-corrected chi connectivity index (χ0v) is 15.4. The molecule has 0 radical (unpaired) electrons. The summed E-state index contributed by atoms with van der Waals surface area (Å²) in [5.74, 6) is -0.226. The Morgan fingerprint density at radius 1 is 1.00 bits per heavy atom. The van der Waals surface area contributed by atoms with E-state index in [4.69, 9.17) is 11.6 Å². The number of carbonyl (C=O) groups excluding carboxylic acids is 1. The van der Waals surface area contributed by atoms with Gasteiger partial charge in [0.15, 0.2) is 0 Å². The summed E-state index contributed by atoms with van der Waals surface area (Å²) in [5, 5.41) is 4.42. The molecule has 0 aliphatic rings. The lowest BCUT2D eigenvalue weighted by molar-refractivity contribution is -0.118. The van der Waals surface area contributed by atoms with Gasteiger partial charge in [-0.3, -0.25) is 9.52 Å². The van der Waals surface area contributed by atoms with E-state index in [0.29, 0.717) is 16.4 Å². The van der Waals surface area contributed by atoms with Crippen LogP contribution in [0.25, 0.3) is 6.08 Å². The van der Waals surface area contributed by atoms with E-state index in [1.54, 1.807) is 62.4 Å². The second-order valence-electron chi connectivity index (χ2n) is 5.72. The van der Waals surface area contributed by atoms with Crippen LogP contribution in [0.1, 0.15) is 19.4 Å². The molecule has 2 aromatic rings. The van der Waals surface area contributed by atoms with Crippen molar-refractivity contribution in [1.82, 2.24) is 0 Å². The Kier molecular flexibility index (Phi) is 6.22. The van der Waals surface area contributed by atoms with E-state index in [2.05, 4.69) is 10.0 Å². The molecule has 0 aromatic heterocycles. The lowest BCUT2D eigenvalue weighted by Gasteiger charge is -2.09. The van der Waals surface area contributed by atoms with Gasteiger partial charge >= 0.3 is 0 Å². The fraction of sp³-hybridized carbons (Fsp3) is 0.167. The van der Waals surface area contributed by atoms with Gasteiger partial charge < -0.3 is 5.32 Å². The molecule has 25 heavy (non-hydrogen) atoms. The van der Waals surface area contributed by atoms with Crippen LogP contribution in [0.3, 0.4) is 0 Å². The first-order valence-electron chi connectivity index (χ1n) is 7.62. The highest BCUT2D eigenvalue weighted by molar-refractivity contribution is 7.95. The molecule has 0 unspecified atom stereocenters. The fourth-order valence-electron chi connectivity index (χ4n) is 1.85. The van der Waals surface area contributed by atoms with Crippen molar-refractivity contribution in [2.24, 2.45) is 5.92 Å². The normalized spacial score (nSPS) is 11.7. The van der Waals surface area contributed by atoms with Crippen LogP contribution >= 0.6 is 11.6 Å². The lowest BCUT2D eigenvalue weighted by atomic mass is 10.2. The van der Waals surface area contributed by atoms with Crippen molar-refractivity contribution >= 4 is 45.0 Å². The third-order valence-electron chi connectivity index (χ3n) is 3.25. The minimum Gasteiger partial charge on any atom is -0.326 e. The average Bonchev–Trinajstić information content (AvgIpc) is 2.56. The summed E-state index contributed by atoms with van der Waals surface area (Å²) >= 11 is 5.79. The quantitative estimate of drug-likeness (QED) is 0.784. The first-order chi connectivity index (χ1) is 11.7. The number of anilines is 2. The number of halogens is 1. The lowest BCUT2D eigenvalue weighted by Crippen LogP contribution is -2.17. The van der Waals surface area contributed by atoms with Crippen molar-refractivity contribution in [3.8, 4) is 0 Å². The number of carbonyl (C=O) groups is 1.